The van der Waals surface area contributed by atoms with E-state index in [-0.39, 0.29) is 16.2 Å². The second-order valence-corrected chi connectivity index (χ2v) is 5.67. The van der Waals surface area contributed by atoms with Crippen LogP contribution in [0, 0.1) is 25.5 Å². The van der Waals surface area contributed by atoms with E-state index in [2.05, 4.69) is 26.3 Å². The van der Waals surface area contributed by atoms with Crippen LogP contribution in [-0.4, -0.2) is 9.78 Å². The van der Waals surface area contributed by atoms with Crippen molar-refractivity contribution in [3.8, 4) is 0 Å². The molecule has 0 aliphatic carbocycles. The van der Waals surface area contributed by atoms with E-state index in [0.717, 1.165) is 23.0 Å². The number of hydrogen-bond donors (Lipinski definition) is 1. The fourth-order valence-corrected chi connectivity index (χ4v) is 2.70. The van der Waals surface area contributed by atoms with Gasteiger partial charge in [0, 0.05) is 24.4 Å². The molecule has 0 amide bonds. The first-order valence-electron chi connectivity index (χ1n) is 6.22. The molecule has 1 unspecified atom stereocenters. The summed E-state index contributed by atoms with van der Waals surface area (Å²) in [5, 5.41) is 7.41. The molecular weight excluding hydrogens is 328 g/mol. The van der Waals surface area contributed by atoms with E-state index in [4.69, 9.17) is 0 Å². The van der Waals surface area contributed by atoms with Crippen molar-refractivity contribution in [2.45, 2.75) is 26.8 Å². The third-order valence-corrected chi connectivity index (χ3v) is 3.99. The van der Waals surface area contributed by atoms with Crippen LogP contribution in [-0.2, 0) is 7.05 Å². The monoisotopic (exact) mass is 343 g/mol. The van der Waals surface area contributed by atoms with Gasteiger partial charge in [0.25, 0.3) is 0 Å². The molecule has 0 saturated carbocycles. The molecule has 0 bridgehead atoms. The van der Waals surface area contributed by atoms with Crippen LogP contribution < -0.4 is 5.32 Å². The largest absolute Gasteiger partial charge is 0.376 e. The molecule has 0 aliphatic heterocycles. The van der Waals surface area contributed by atoms with E-state index in [1.54, 1.807) is 4.68 Å². The van der Waals surface area contributed by atoms with Gasteiger partial charge in [-0.3, -0.25) is 4.68 Å². The highest BCUT2D eigenvalue weighted by Crippen LogP contribution is 2.29. The summed E-state index contributed by atoms with van der Waals surface area (Å²) in [7, 11) is 1.87. The molecule has 1 aromatic heterocycles. The molecule has 0 saturated heterocycles. The zero-order valence-corrected chi connectivity index (χ0v) is 13.3. The molecule has 1 aromatic carbocycles. The number of anilines is 1. The van der Waals surface area contributed by atoms with E-state index < -0.39 is 11.6 Å². The maximum Gasteiger partial charge on any atom is 0.149 e. The van der Waals surface area contributed by atoms with Crippen LogP contribution in [0.15, 0.2) is 16.6 Å². The quantitative estimate of drug-likeness (QED) is 0.844. The number of hydrogen-bond acceptors (Lipinski definition) is 2. The fourth-order valence-electron chi connectivity index (χ4n) is 2.36. The second kappa shape index (κ2) is 5.52. The number of nitrogens with zero attached hydrogens (tertiary/aromatic N) is 2. The smallest absolute Gasteiger partial charge is 0.149 e. The van der Waals surface area contributed by atoms with Crippen molar-refractivity contribution >= 4 is 21.6 Å². The Kier molecular flexibility index (Phi) is 4.13. The number of nitrogens with one attached hydrogen (secondary N) is 1. The van der Waals surface area contributed by atoms with Crippen LogP contribution in [0.2, 0.25) is 0 Å². The third-order valence-electron chi connectivity index (χ3n) is 3.38. The van der Waals surface area contributed by atoms with Gasteiger partial charge in [0.1, 0.15) is 11.6 Å². The van der Waals surface area contributed by atoms with Crippen LogP contribution in [0.4, 0.5) is 14.5 Å². The summed E-state index contributed by atoms with van der Waals surface area (Å²) in [6, 6.07) is 2.14. The van der Waals surface area contributed by atoms with Crippen molar-refractivity contribution in [3.05, 3.63) is 45.2 Å². The Bertz CT molecular complexity index is 652. The lowest BCUT2D eigenvalue weighted by atomic mass is 10.1. The van der Waals surface area contributed by atoms with Crippen molar-refractivity contribution in [2.24, 2.45) is 7.05 Å². The number of benzene rings is 1. The van der Waals surface area contributed by atoms with Crippen molar-refractivity contribution in [3.63, 3.8) is 0 Å². The van der Waals surface area contributed by atoms with Gasteiger partial charge < -0.3 is 5.32 Å². The van der Waals surface area contributed by atoms with E-state index >= 15 is 0 Å². The third kappa shape index (κ3) is 2.70. The molecule has 0 aliphatic rings. The predicted molar refractivity (Wildman–Crippen MR) is 78.8 cm³/mol. The average molecular weight is 344 g/mol. The van der Waals surface area contributed by atoms with Gasteiger partial charge >= 0.3 is 0 Å². The van der Waals surface area contributed by atoms with Gasteiger partial charge in [-0.25, -0.2) is 8.78 Å². The van der Waals surface area contributed by atoms with Crippen molar-refractivity contribution in [2.75, 3.05) is 5.32 Å². The molecule has 108 valence electrons. The number of rotatable bonds is 3. The van der Waals surface area contributed by atoms with Crippen molar-refractivity contribution < 1.29 is 8.78 Å². The summed E-state index contributed by atoms with van der Waals surface area (Å²) < 4.78 is 29.0. The average Bonchev–Trinajstić information content (AvgIpc) is 2.60. The van der Waals surface area contributed by atoms with Gasteiger partial charge in [0.2, 0.25) is 0 Å². The number of halogens is 3. The lowest BCUT2D eigenvalue weighted by molar-refractivity contribution is 0.579. The summed E-state index contributed by atoms with van der Waals surface area (Å²) in [5.41, 5.74) is 3.19. The Morgan fingerprint density at radius 1 is 1.25 bits per heavy atom. The lowest BCUT2D eigenvalue weighted by Gasteiger charge is -2.17. The topological polar surface area (TPSA) is 29.9 Å². The molecule has 0 radical (unpaired) electrons. The molecule has 6 heteroatoms. The molecule has 0 spiro atoms. The fraction of sp³-hybridized carbons (Fsp3) is 0.357. The van der Waals surface area contributed by atoms with Crippen LogP contribution in [0.5, 0.6) is 0 Å². The van der Waals surface area contributed by atoms with Gasteiger partial charge in [0.15, 0.2) is 0 Å². The first-order chi connectivity index (χ1) is 9.31. The second-order valence-electron chi connectivity index (χ2n) is 4.82. The number of aromatic nitrogens is 2. The van der Waals surface area contributed by atoms with Crippen LogP contribution in [0.25, 0.3) is 0 Å². The molecule has 2 rings (SSSR count). The molecule has 1 heterocycles. The molecule has 1 N–H and O–H groups in total. The Hall–Kier alpha value is -1.43. The Morgan fingerprint density at radius 3 is 2.45 bits per heavy atom. The lowest BCUT2D eigenvalue weighted by Crippen LogP contribution is -2.10. The Morgan fingerprint density at radius 2 is 1.90 bits per heavy atom. The molecular formula is C14H16BrF2N3. The molecule has 1 atom stereocenters. The summed E-state index contributed by atoms with van der Waals surface area (Å²) in [6.45, 7) is 5.80. The summed E-state index contributed by atoms with van der Waals surface area (Å²) in [5.74, 6) is -1.23. The Balaban J connectivity index is 2.32. The minimum atomic E-state index is -0.616. The highest BCUT2D eigenvalue weighted by Gasteiger charge is 2.18. The molecule has 3 nitrogen and oxygen atoms in total. The first-order valence-corrected chi connectivity index (χ1v) is 7.01. The van der Waals surface area contributed by atoms with E-state index in [1.165, 1.54) is 6.07 Å². The normalized spacial score (nSPS) is 12.6. The first kappa shape index (κ1) is 15.0. The highest BCUT2D eigenvalue weighted by atomic mass is 79.9. The van der Waals surface area contributed by atoms with Crippen molar-refractivity contribution in [1.82, 2.24) is 9.78 Å². The van der Waals surface area contributed by atoms with Crippen LogP contribution in [0.3, 0.4) is 0 Å². The van der Waals surface area contributed by atoms with Gasteiger partial charge in [-0.15, -0.1) is 0 Å². The van der Waals surface area contributed by atoms with Gasteiger partial charge in [0.05, 0.1) is 21.9 Å². The van der Waals surface area contributed by atoms with Gasteiger partial charge in [-0.2, -0.15) is 5.10 Å². The molecule has 20 heavy (non-hydrogen) atoms. The SMILES string of the molecule is Cc1nn(C)c(C)c1C(C)Nc1cc(Br)c(F)cc1F. The molecule has 2 aromatic rings. The summed E-state index contributed by atoms with van der Waals surface area (Å²) in [4.78, 5) is 0. The number of aryl methyl sites for hydroxylation is 2. The Labute approximate surface area is 125 Å². The zero-order valence-electron chi connectivity index (χ0n) is 11.8. The van der Waals surface area contributed by atoms with Gasteiger partial charge in [-0.05, 0) is 42.8 Å². The maximum absolute atomic E-state index is 13.8. The summed E-state index contributed by atoms with van der Waals surface area (Å²) in [6.07, 6.45) is 0. The van der Waals surface area contributed by atoms with Gasteiger partial charge in [-0.1, -0.05) is 0 Å². The summed E-state index contributed by atoms with van der Waals surface area (Å²) >= 11 is 3.06. The van der Waals surface area contributed by atoms with Crippen LogP contribution in [0.1, 0.15) is 29.9 Å². The van der Waals surface area contributed by atoms with Crippen molar-refractivity contribution in [1.29, 1.82) is 0 Å². The zero-order chi connectivity index (χ0) is 15.0. The predicted octanol–water partition coefficient (Wildman–Crippen LogP) is 4.25. The highest BCUT2D eigenvalue weighted by molar-refractivity contribution is 9.10. The van der Waals surface area contributed by atoms with E-state index in [9.17, 15) is 8.78 Å². The minimum Gasteiger partial charge on any atom is -0.376 e. The minimum absolute atomic E-state index is 0.129. The molecule has 0 fully saturated rings. The standard InChI is InChI=1S/C14H16BrF2N3/c1-7(14-8(2)19-20(4)9(14)3)18-13-5-10(15)11(16)6-12(13)17/h5-7,18H,1-4H3. The van der Waals surface area contributed by atoms with E-state index in [1.807, 2.05) is 27.8 Å². The van der Waals surface area contributed by atoms with E-state index in [0.29, 0.717) is 0 Å². The maximum atomic E-state index is 13.8. The van der Waals surface area contributed by atoms with Crippen LogP contribution >= 0.6 is 15.9 Å².